The van der Waals surface area contributed by atoms with E-state index in [0.29, 0.717) is 54.9 Å². The van der Waals surface area contributed by atoms with Crippen LogP contribution in [0.25, 0.3) is 11.1 Å². The monoisotopic (exact) mass is 777 g/mol. The number of rotatable bonds is 7. The molecule has 2 aliphatic rings. The number of halogens is 1. The number of nitrogen functional groups attached to an aromatic ring is 1. The topological polar surface area (TPSA) is 145 Å². The van der Waals surface area contributed by atoms with Crippen LogP contribution in [0.2, 0.25) is 0 Å². The minimum Gasteiger partial charge on any atom is -0.378 e. The van der Waals surface area contributed by atoms with Gasteiger partial charge in [-0.1, -0.05) is 52.3 Å². The molecule has 5 aromatic rings. The lowest BCUT2D eigenvalue weighted by Crippen LogP contribution is -2.36. The van der Waals surface area contributed by atoms with Gasteiger partial charge in [0.1, 0.15) is 0 Å². The Morgan fingerprint density at radius 1 is 0.560 bits per heavy atom. The molecular formula is C36H36BrN5O6S2. The number of hydrogen-bond donors (Lipinski definition) is 1. The zero-order valence-corrected chi connectivity index (χ0v) is 30.3. The zero-order chi connectivity index (χ0) is 35.1. The number of anilines is 3. The maximum absolute atomic E-state index is 13.2. The maximum Gasteiger partial charge on any atom is 0.219 e. The Morgan fingerprint density at radius 3 is 1.48 bits per heavy atom. The lowest BCUT2D eigenvalue weighted by Gasteiger charge is -2.29. The molecule has 0 amide bonds. The summed E-state index contributed by atoms with van der Waals surface area (Å²) in [7, 11) is -7.17. The van der Waals surface area contributed by atoms with Crippen molar-refractivity contribution >= 4 is 52.9 Å². The fourth-order valence-electron chi connectivity index (χ4n) is 5.58. The van der Waals surface area contributed by atoms with Gasteiger partial charge >= 0.3 is 0 Å². The number of hydrogen-bond acceptors (Lipinski definition) is 11. The Bertz CT molecular complexity index is 2130. The van der Waals surface area contributed by atoms with E-state index in [1.54, 1.807) is 97.3 Å². The third-order valence-electron chi connectivity index (χ3n) is 8.23. The normalized spacial score (nSPS) is 15.2. The zero-order valence-electron chi connectivity index (χ0n) is 27.1. The smallest absolute Gasteiger partial charge is 0.219 e. The van der Waals surface area contributed by atoms with Gasteiger partial charge < -0.3 is 25.0 Å². The molecule has 4 aromatic carbocycles. The van der Waals surface area contributed by atoms with Crippen LogP contribution in [0.4, 0.5) is 17.3 Å². The predicted octanol–water partition coefficient (Wildman–Crippen LogP) is 5.51. The van der Waals surface area contributed by atoms with E-state index < -0.39 is 19.7 Å². The van der Waals surface area contributed by atoms with Crippen molar-refractivity contribution in [2.24, 2.45) is 0 Å². The summed E-state index contributed by atoms with van der Waals surface area (Å²) in [5, 5.41) is 0. The molecule has 0 spiro atoms. The van der Waals surface area contributed by atoms with E-state index >= 15 is 0 Å². The van der Waals surface area contributed by atoms with E-state index in [0.717, 1.165) is 34.5 Å². The second-order valence-corrected chi connectivity index (χ2v) is 16.3. The molecule has 2 fully saturated rings. The van der Waals surface area contributed by atoms with Gasteiger partial charge in [0.2, 0.25) is 25.6 Å². The highest BCUT2D eigenvalue weighted by atomic mass is 79.9. The third kappa shape index (κ3) is 8.33. The average molecular weight is 779 g/mol. The van der Waals surface area contributed by atoms with Crippen molar-refractivity contribution in [3.05, 3.63) is 114 Å². The summed E-state index contributed by atoms with van der Waals surface area (Å²) >= 11 is 3.42. The van der Waals surface area contributed by atoms with Gasteiger partial charge in [-0.05, 0) is 66.2 Å². The van der Waals surface area contributed by atoms with Crippen molar-refractivity contribution in [3.8, 4) is 11.1 Å². The van der Waals surface area contributed by atoms with Crippen LogP contribution in [-0.4, -0.2) is 79.4 Å². The maximum atomic E-state index is 13.2. The molecule has 7 rings (SSSR count). The molecule has 260 valence electrons. The average Bonchev–Trinajstić information content (AvgIpc) is 3.16. The van der Waals surface area contributed by atoms with Crippen molar-refractivity contribution < 1.29 is 26.3 Å². The van der Waals surface area contributed by atoms with Crippen LogP contribution in [0.5, 0.6) is 0 Å². The van der Waals surface area contributed by atoms with Gasteiger partial charge in [0.25, 0.3) is 0 Å². The summed E-state index contributed by atoms with van der Waals surface area (Å²) in [4.78, 5) is 13.4. The number of sulfone groups is 2. The van der Waals surface area contributed by atoms with Crippen molar-refractivity contribution in [1.29, 1.82) is 0 Å². The minimum atomic E-state index is -3.66. The largest absolute Gasteiger partial charge is 0.378 e. The highest BCUT2D eigenvalue weighted by Gasteiger charge is 2.23. The summed E-state index contributed by atoms with van der Waals surface area (Å²) in [6, 6.07) is 27.6. The van der Waals surface area contributed by atoms with E-state index in [9.17, 15) is 16.8 Å². The second kappa shape index (κ2) is 15.7. The molecule has 50 heavy (non-hydrogen) atoms. The van der Waals surface area contributed by atoms with E-state index in [4.69, 9.17) is 15.2 Å². The molecule has 0 bridgehead atoms. The summed E-state index contributed by atoms with van der Waals surface area (Å²) in [5.41, 5.74) is 8.73. The first kappa shape index (κ1) is 35.5. The van der Waals surface area contributed by atoms with E-state index in [1.807, 2.05) is 12.1 Å². The van der Waals surface area contributed by atoms with Gasteiger partial charge in [-0.15, -0.1) is 0 Å². The van der Waals surface area contributed by atoms with Crippen LogP contribution in [0.3, 0.4) is 0 Å². The lowest BCUT2D eigenvalue weighted by atomic mass is 10.1. The van der Waals surface area contributed by atoms with Crippen molar-refractivity contribution in [3.63, 3.8) is 0 Å². The van der Waals surface area contributed by atoms with Crippen molar-refractivity contribution in [2.45, 2.75) is 19.6 Å². The number of nitrogens with two attached hydrogens (primary N) is 1. The van der Waals surface area contributed by atoms with Crippen molar-refractivity contribution in [2.75, 3.05) is 68.1 Å². The fraction of sp³-hybridized carbons (Fsp3) is 0.222. The minimum absolute atomic E-state index is 0.171. The molecule has 0 radical (unpaired) electrons. The van der Waals surface area contributed by atoms with E-state index in [1.165, 1.54) is 0 Å². The number of ether oxygens (including phenoxy) is 2. The SMILES string of the molecule is Nc1ncc(-c2cc(N3CCOCC3)cc(S(=O)(=O)c3ccccc3)c2)cn1.O=S(=O)(c1ccccc1)c1cc(Br)cc(N2CCOCC2)c1. The molecule has 0 aliphatic carbocycles. The quantitative estimate of drug-likeness (QED) is 0.223. The number of nitrogens with zero attached hydrogens (tertiary/aromatic N) is 4. The van der Waals surface area contributed by atoms with Crippen LogP contribution in [0.15, 0.2) is 134 Å². The third-order valence-corrected chi connectivity index (χ3v) is 12.2. The summed E-state index contributed by atoms with van der Waals surface area (Å²) in [6.45, 7) is 5.47. The van der Waals surface area contributed by atoms with Crippen LogP contribution in [0, 0.1) is 0 Å². The first-order valence-corrected chi connectivity index (χ1v) is 19.7. The Morgan fingerprint density at radius 2 is 1.00 bits per heavy atom. The summed E-state index contributed by atoms with van der Waals surface area (Å²) < 4.78 is 63.5. The molecular weight excluding hydrogens is 742 g/mol. The molecule has 2 saturated heterocycles. The first-order valence-electron chi connectivity index (χ1n) is 15.9. The first-order chi connectivity index (χ1) is 24.1. The molecule has 3 heterocycles. The van der Waals surface area contributed by atoms with Gasteiger partial charge in [0.05, 0.1) is 46.0 Å². The van der Waals surface area contributed by atoms with Crippen molar-refractivity contribution in [1.82, 2.24) is 9.97 Å². The molecule has 11 nitrogen and oxygen atoms in total. The van der Waals surface area contributed by atoms with Crippen LogP contribution >= 0.6 is 15.9 Å². The number of aromatic nitrogens is 2. The summed E-state index contributed by atoms with van der Waals surface area (Å²) in [5.74, 6) is 0.171. The van der Waals surface area contributed by atoms with E-state index in [2.05, 4.69) is 35.7 Å². The Hall–Kier alpha value is -4.34. The highest BCUT2D eigenvalue weighted by Crippen LogP contribution is 2.32. The standard InChI is InChI=1S/C20H20N4O3S.C16H16BrNO3S/c21-20-22-13-16(14-23-20)15-10-17(24-6-8-27-9-7-24)12-19(11-15)28(25,26)18-4-2-1-3-5-18;17-13-10-14(18-6-8-21-9-7-18)12-16(11-13)22(19,20)15-4-2-1-3-5-15/h1-5,10-14H,6-9H2,(H2,21,22,23);1-5,10-12H,6-9H2. The van der Waals surface area contributed by atoms with Gasteiger partial charge in [0.15, 0.2) is 0 Å². The second-order valence-electron chi connectivity index (χ2n) is 11.5. The van der Waals surface area contributed by atoms with Gasteiger partial charge in [0, 0.05) is 60.0 Å². The number of morpholine rings is 2. The molecule has 14 heteroatoms. The van der Waals surface area contributed by atoms with Crippen LogP contribution < -0.4 is 15.5 Å². The molecule has 1 aromatic heterocycles. The van der Waals surface area contributed by atoms with Gasteiger partial charge in [-0.3, -0.25) is 0 Å². The Balaban J connectivity index is 0.000000178. The molecule has 2 aliphatic heterocycles. The van der Waals surface area contributed by atoms with Crippen LogP contribution in [0.1, 0.15) is 0 Å². The Kier molecular flexibility index (Phi) is 11.1. The number of benzene rings is 4. The lowest BCUT2D eigenvalue weighted by molar-refractivity contribution is 0.122. The van der Waals surface area contributed by atoms with Crippen LogP contribution in [-0.2, 0) is 29.1 Å². The van der Waals surface area contributed by atoms with Gasteiger partial charge in [-0.2, -0.15) is 0 Å². The van der Waals surface area contributed by atoms with Gasteiger partial charge in [-0.25, -0.2) is 26.8 Å². The summed E-state index contributed by atoms with van der Waals surface area (Å²) in [6.07, 6.45) is 3.19. The molecule has 0 atom stereocenters. The van der Waals surface area contributed by atoms with E-state index in [-0.39, 0.29) is 15.7 Å². The molecule has 0 unspecified atom stereocenters. The predicted molar refractivity (Wildman–Crippen MR) is 196 cm³/mol. The molecule has 0 saturated carbocycles. The Labute approximate surface area is 300 Å². The highest BCUT2D eigenvalue weighted by molar-refractivity contribution is 9.10. The molecule has 2 N–H and O–H groups in total. The fourth-order valence-corrected chi connectivity index (χ4v) is 8.90.